The second kappa shape index (κ2) is 6.43. The van der Waals surface area contributed by atoms with Crippen molar-refractivity contribution in [2.75, 3.05) is 0 Å². The molecule has 3 heteroatoms. The average molecular weight is 400 g/mol. The summed E-state index contributed by atoms with van der Waals surface area (Å²) in [5, 5.41) is 3.59. The van der Waals surface area contributed by atoms with Gasteiger partial charge in [-0.3, -0.25) is 4.98 Å². The summed E-state index contributed by atoms with van der Waals surface area (Å²) >= 11 is 1.83. The third kappa shape index (κ3) is 3.24. The molecular formula is C26H25NOS. The van der Waals surface area contributed by atoms with Crippen molar-refractivity contribution in [3.05, 3.63) is 64.7 Å². The summed E-state index contributed by atoms with van der Waals surface area (Å²) in [7, 11) is 0. The first-order valence-corrected chi connectivity index (χ1v) is 10.9. The van der Waals surface area contributed by atoms with E-state index >= 15 is 0 Å². The lowest BCUT2D eigenvalue weighted by Crippen LogP contribution is -2.10. The van der Waals surface area contributed by atoms with Crippen LogP contribution < -0.4 is 0 Å². The van der Waals surface area contributed by atoms with Crippen LogP contribution in [0.1, 0.15) is 36.8 Å². The first kappa shape index (κ1) is 18.4. The van der Waals surface area contributed by atoms with Crippen LogP contribution >= 0.6 is 11.3 Å². The van der Waals surface area contributed by atoms with Crippen LogP contribution in [0, 0.1) is 19.3 Å². The van der Waals surface area contributed by atoms with Crippen molar-refractivity contribution in [1.29, 1.82) is 0 Å². The summed E-state index contributed by atoms with van der Waals surface area (Å²) in [5.74, 6) is 0. The number of pyridine rings is 1. The molecule has 0 atom stereocenters. The molecule has 0 radical (unpaired) electrons. The number of hydrogen-bond donors (Lipinski definition) is 0. The zero-order valence-corrected chi connectivity index (χ0v) is 18.4. The molecule has 0 saturated heterocycles. The van der Waals surface area contributed by atoms with Gasteiger partial charge >= 0.3 is 0 Å². The Bertz CT molecular complexity index is 1380. The number of benzene rings is 2. The number of furan rings is 1. The van der Waals surface area contributed by atoms with E-state index in [0.717, 1.165) is 34.2 Å². The van der Waals surface area contributed by atoms with E-state index in [4.69, 9.17) is 9.40 Å². The number of para-hydroxylation sites is 1. The minimum atomic E-state index is 0.235. The molecule has 5 rings (SSSR count). The number of nitrogens with zero attached hydrogens (tertiary/aromatic N) is 1. The molecule has 0 bridgehead atoms. The molecule has 0 unspecified atom stereocenters. The quantitative estimate of drug-likeness (QED) is 0.300. The van der Waals surface area contributed by atoms with Crippen molar-refractivity contribution in [2.45, 2.75) is 41.0 Å². The van der Waals surface area contributed by atoms with Crippen molar-refractivity contribution in [3.8, 4) is 11.3 Å². The van der Waals surface area contributed by atoms with E-state index in [-0.39, 0.29) is 5.41 Å². The van der Waals surface area contributed by atoms with Crippen LogP contribution in [0.3, 0.4) is 0 Å². The smallest absolute Gasteiger partial charge is 0.144 e. The fourth-order valence-corrected chi connectivity index (χ4v) is 5.08. The SMILES string of the molecule is Cc1cc2cc3oc4c(-c5cc(CC(C)(C)C)c(C)cn5)cccc4c3cc2s1. The Balaban J connectivity index is 1.72. The molecule has 0 aliphatic rings. The average Bonchev–Trinajstić information content (AvgIpc) is 3.18. The van der Waals surface area contributed by atoms with Crippen molar-refractivity contribution >= 4 is 43.4 Å². The second-order valence-corrected chi connectivity index (χ2v) is 10.5. The van der Waals surface area contributed by atoms with E-state index in [1.54, 1.807) is 0 Å². The number of fused-ring (bicyclic) bond motifs is 4. The van der Waals surface area contributed by atoms with Gasteiger partial charge in [0.05, 0.1) is 5.69 Å². The lowest BCUT2D eigenvalue weighted by Gasteiger charge is -2.20. The van der Waals surface area contributed by atoms with Crippen molar-refractivity contribution in [2.24, 2.45) is 5.41 Å². The third-order valence-electron chi connectivity index (χ3n) is 5.47. The Morgan fingerprint density at radius 1 is 1.00 bits per heavy atom. The predicted octanol–water partition coefficient (Wildman–Crippen LogP) is 8.07. The van der Waals surface area contributed by atoms with Crippen LogP contribution in [0.5, 0.6) is 0 Å². The summed E-state index contributed by atoms with van der Waals surface area (Å²) in [5.41, 5.74) is 6.75. The standard InChI is InChI=1S/C26H25NOS/c1-15-14-27-22(10-18(15)13-26(3,4)5)20-8-6-7-19-21-12-24-17(9-16(2)29-24)11-23(21)28-25(19)20/h6-12,14H,13H2,1-5H3. The zero-order chi connectivity index (χ0) is 20.3. The lowest BCUT2D eigenvalue weighted by molar-refractivity contribution is 0.410. The summed E-state index contributed by atoms with van der Waals surface area (Å²) in [6.07, 6.45) is 3.02. The highest BCUT2D eigenvalue weighted by Crippen LogP contribution is 2.39. The van der Waals surface area contributed by atoms with E-state index in [1.165, 1.54) is 31.5 Å². The molecule has 29 heavy (non-hydrogen) atoms. The number of rotatable bonds is 2. The minimum Gasteiger partial charge on any atom is -0.455 e. The molecule has 2 nitrogen and oxygen atoms in total. The Kier molecular flexibility index (Phi) is 4.08. The van der Waals surface area contributed by atoms with Gasteiger partial charge < -0.3 is 4.42 Å². The zero-order valence-electron chi connectivity index (χ0n) is 17.6. The summed E-state index contributed by atoms with van der Waals surface area (Å²) in [6, 6.07) is 15.3. The fourth-order valence-electron chi connectivity index (χ4n) is 4.14. The molecular weight excluding hydrogens is 374 g/mol. The van der Waals surface area contributed by atoms with Crippen molar-refractivity contribution < 1.29 is 4.42 Å². The Morgan fingerprint density at radius 3 is 2.62 bits per heavy atom. The normalized spacial score (nSPS) is 12.4. The van der Waals surface area contributed by atoms with Gasteiger partial charge in [0.15, 0.2) is 0 Å². The molecule has 0 aliphatic heterocycles. The van der Waals surface area contributed by atoms with E-state index in [2.05, 4.69) is 77.1 Å². The molecule has 5 aromatic rings. The van der Waals surface area contributed by atoms with E-state index in [0.29, 0.717) is 0 Å². The molecule has 2 aromatic carbocycles. The predicted molar refractivity (Wildman–Crippen MR) is 125 cm³/mol. The highest BCUT2D eigenvalue weighted by atomic mass is 32.1. The Morgan fingerprint density at radius 2 is 1.83 bits per heavy atom. The van der Waals surface area contributed by atoms with Crippen molar-refractivity contribution in [3.63, 3.8) is 0 Å². The van der Waals surface area contributed by atoms with E-state index in [9.17, 15) is 0 Å². The Hall–Kier alpha value is -2.65. The number of aromatic nitrogens is 1. The van der Waals surface area contributed by atoms with Gasteiger partial charge in [-0.1, -0.05) is 32.9 Å². The van der Waals surface area contributed by atoms with Crippen LogP contribution in [-0.4, -0.2) is 4.98 Å². The van der Waals surface area contributed by atoms with Gasteiger partial charge in [0.2, 0.25) is 0 Å². The van der Waals surface area contributed by atoms with Crippen LogP contribution in [-0.2, 0) is 6.42 Å². The van der Waals surface area contributed by atoms with Gasteiger partial charge in [0.25, 0.3) is 0 Å². The van der Waals surface area contributed by atoms with Gasteiger partial charge in [-0.2, -0.15) is 0 Å². The Labute approximate surface area is 175 Å². The van der Waals surface area contributed by atoms with E-state index < -0.39 is 0 Å². The first-order chi connectivity index (χ1) is 13.8. The maximum absolute atomic E-state index is 6.39. The van der Waals surface area contributed by atoms with E-state index in [1.807, 2.05) is 17.5 Å². The monoisotopic (exact) mass is 399 g/mol. The fraction of sp³-hybridized carbons (Fsp3) is 0.269. The molecule has 0 N–H and O–H groups in total. The lowest BCUT2D eigenvalue weighted by atomic mass is 9.86. The second-order valence-electron chi connectivity index (χ2n) is 9.26. The number of aryl methyl sites for hydroxylation is 2. The summed E-state index contributed by atoms with van der Waals surface area (Å²) in [6.45, 7) is 11.1. The molecule has 3 aromatic heterocycles. The summed E-state index contributed by atoms with van der Waals surface area (Å²) in [4.78, 5) is 6.08. The topological polar surface area (TPSA) is 26.0 Å². The molecule has 3 heterocycles. The highest BCUT2D eigenvalue weighted by molar-refractivity contribution is 7.19. The highest BCUT2D eigenvalue weighted by Gasteiger charge is 2.17. The van der Waals surface area contributed by atoms with Crippen LogP contribution in [0.4, 0.5) is 0 Å². The van der Waals surface area contributed by atoms with Crippen LogP contribution in [0.25, 0.3) is 43.3 Å². The molecule has 0 fully saturated rings. The van der Waals surface area contributed by atoms with Gasteiger partial charge in [-0.15, -0.1) is 11.3 Å². The van der Waals surface area contributed by atoms with Gasteiger partial charge in [0.1, 0.15) is 11.2 Å². The van der Waals surface area contributed by atoms with Crippen LogP contribution in [0.15, 0.2) is 53.1 Å². The maximum Gasteiger partial charge on any atom is 0.144 e. The van der Waals surface area contributed by atoms with Gasteiger partial charge in [-0.25, -0.2) is 0 Å². The maximum atomic E-state index is 6.39. The van der Waals surface area contributed by atoms with Crippen molar-refractivity contribution in [1.82, 2.24) is 4.98 Å². The molecule has 0 spiro atoms. The summed E-state index contributed by atoms with van der Waals surface area (Å²) < 4.78 is 7.70. The molecule has 146 valence electrons. The number of hydrogen-bond acceptors (Lipinski definition) is 3. The first-order valence-electron chi connectivity index (χ1n) is 10.1. The molecule has 0 saturated carbocycles. The third-order valence-corrected chi connectivity index (χ3v) is 6.48. The molecule has 0 amide bonds. The largest absolute Gasteiger partial charge is 0.455 e. The molecule has 0 aliphatic carbocycles. The number of thiophene rings is 1. The van der Waals surface area contributed by atoms with Crippen LogP contribution in [0.2, 0.25) is 0 Å². The van der Waals surface area contributed by atoms with Gasteiger partial charge in [0, 0.05) is 32.1 Å². The minimum absolute atomic E-state index is 0.235. The van der Waals surface area contributed by atoms with Gasteiger partial charge in [-0.05, 0) is 72.5 Å².